The van der Waals surface area contributed by atoms with Gasteiger partial charge < -0.3 is 33.8 Å². The quantitative estimate of drug-likeness (QED) is 0.0222. The number of hydrogen-bond acceptors (Lipinski definition) is 15. The molecule has 0 saturated heterocycles. The Morgan fingerprint density at radius 3 is 0.800 bits per heavy atom. The van der Waals surface area contributed by atoms with E-state index in [1.54, 1.807) is 0 Å². The fourth-order valence-electron chi connectivity index (χ4n) is 11.6. The van der Waals surface area contributed by atoms with Gasteiger partial charge in [0, 0.05) is 25.7 Å². The number of ether oxygens (including phenoxy) is 4. The number of aliphatic hydroxyl groups is 1. The first-order valence-corrected chi connectivity index (χ1v) is 42.5. The Hall–Kier alpha value is -1.94. The average Bonchev–Trinajstić information content (AvgIpc) is 1.45. The van der Waals surface area contributed by atoms with Crippen LogP contribution in [0.1, 0.15) is 395 Å². The van der Waals surface area contributed by atoms with Gasteiger partial charge >= 0.3 is 39.5 Å². The number of esters is 4. The lowest BCUT2D eigenvalue weighted by atomic mass is 9.99. The minimum atomic E-state index is -4.96. The van der Waals surface area contributed by atoms with E-state index in [4.69, 9.17) is 37.0 Å². The van der Waals surface area contributed by atoms with E-state index in [-0.39, 0.29) is 25.7 Å². The molecule has 0 aromatic carbocycles. The number of carbonyl (C=O) groups is 4. The zero-order valence-corrected chi connectivity index (χ0v) is 63.8. The predicted molar refractivity (Wildman–Crippen MR) is 386 cm³/mol. The summed E-state index contributed by atoms with van der Waals surface area (Å²) in [7, 11) is -9.90. The standard InChI is InChI=1S/C76H148O17P2/c1-7-10-12-14-16-17-18-19-20-21-22-23-24-25-30-33-36-42-48-54-60-75(80)92-72(65-87-74(79)59-53-47-41-35-32-29-27-26-28-31-34-40-45-51-57-69(6)9-3)67-91-95(84,85)89-63-70(77)62-88-94(82,83)90-66-71(64-86-73(78)58-52-46-38-15-13-11-8-2)93-76(81)61-55-49-43-37-39-44-50-56-68(4)5/h68-72,77H,7-67H2,1-6H3,(H,82,83)(H,84,85)/t69?,70-,71+,72+/m0/s1. The molecule has 95 heavy (non-hydrogen) atoms. The molecule has 0 aromatic heterocycles. The first-order chi connectivity index (χ1) is 45.9. The SMILES string of the molecule is CCCCCCCCCCCCCCCCCCCCCCC(=O)O[C@H](COC(=O)CCCCCCCCCCCCCCCCC(C)CC)COP(=O)(O)OC[C@@H](O)COP(=O)(O)OC[C@@H](COC(=O)CCCCCCCCC)OC(=O)CCCCCCCCCC(C)C. The maximum absolute atomic E-state index is 13.1. The van der Waals surface area contributed by atoms with Gasteiger partial charge in [0.15, 0.2) is 12.2 Å². The maximum atomic E-state index is 13.1. The van der Waals surface area contributed by atoms with Crippen molar-refractivity contribution in [2.45, 2.75) is 413 Å². The molecular formula is C76H148O17P2. The van der Waals surface area contributed by atoms with Crippen molar-refractivity contribution in [2.24, 2.45) is 11.8 Å². The van der Waals surface area contributed by atoms with Gasteiger partial charge in [-0.15, -0.1) is 0 Å². The third kappa shape index (κ3) is 69.0. The Labute approximate surface area is 581 Å². The summed E-state index contributed by atoms with van der Waals surface area (Å²) >= 11 is 0. The lowest BCUT2D eigenvalue weighted by molar-refractivity contribution is -0.161. The minimum absolute atomic E-state index is 0.103. The van der Waals surface area contributed by atoms with E-state index in [1.165, 1.54) is 199 Å². The zero-order valence-electron chi connectivity index (χ0n) is 62.0. The van der Waals surface area contributed by atoms with Crippen LogP contribution in [0.25, 0.3) is 0 Å². The van der Waals surface area contributed by atoms with Crippen LogP contribution < -0.4 is 0 Å². The van der Waals surface area contributed by atoms with Crippen molar-refractivity contribution in [3.63, 3.8) is 0 Å². The summed E-state index contributed by atoms with van der Waals surface area (Å²) in [6.45, 7) is 9.54. The first kappa shape index (κ1) is 93.1. The Balaban J connectivity index is 5.16. The lowest BCUT2D eigenvalue weighted by Gasteiger charge is -2.21. The van der Waals surface area contributed by atoms with Gasteiger partial charge in [-0.25, -0.2) is 9.13 Å². The molecule has 0 bridgehead atoms. The zero-order chi connectivity index (χ0) is 70.0. The minimum Gasteiger partial charge on any atom is -0.462 e. The second-order valence-corrected chi connectivity index (χ2v) is 31.0. The molecule has 17 nitrogen and oxygen atoms in total. The molecule has 564 valence electrons. The highest BCUT2D eigenvalue weighted by atomic mass is 31.2. The molecule has 0 aliphatic rings. The Morgan fingerprint density at radius 2 is 0.537 bits per heavy atom. The van der Waals surface area contributed by atoms with Crippen LogP contribution in [-0.2, 0) is 65.4 Å². The Morgan fingerprint density at radius 1 is 0.305 bits per heavy atom. The normalized spacial score (nSPS) is 14.3. The molecule has 0 aliphatic heterocycles. The van der Waals surface area contributed by atoms with Crippen molar-refractivity contribution >= 4 is 39.5 Å². The molecular weight excluding hydrogens is 1250 g/mol. The van der Waals surface area contributed by atoms with Crippen LogP contribution >= 0.6 is 15.6 Å². The molecule has 0 spiro atoms. The second kappa shape index (κ2) is 67.9. The van der Waals surface area contributed by atoms with Gasteiger partial charge in [-0.2, -0.15) is 0 Å². The van der Waals surface area contributed by atoms with Crippen molar-refractivity contribution in [1.82, 2.24) is 0 Å². The molecule has 6 atom stereocenters. The second-order valence-electron chi connectivity index (χ2n) is 28.1. The van der Waals surface area contributed by atoms with E-state index in [0.29, 0.717) is 31.6 Å². The van der Waals surface area contributed by atoms with Crippen molar-refractivity contribution in [3.8, 4) is 0 Å². The summed E-state index contributed by atoms with van der Waals surface area (Å²) in [6.07, 6.45) is 55.8. The molecule has 0 amide bonds. The first-order valence-electron chi connectivity index (χ1n) is 39.5. The summed E-state index contributed by atoms with van der Waals surface area (Å²) < 4.78 is 68.4. The van der Waals surface area contributed by atoms with Crippen molar-refractivity contribution in [1.29, 1.82) is 0 Å². The molecule has 19 heteroatoms. The number of aliphatic hydroxyl groups excluding tert-OH is 1. The van der Waals surface area contributed by atoms with Crippen molar-refractivity contribution < 1.29 is 80.2 Å². The third-order valence-electron chi connectivity index (χ3n) is 18.1. The number of rotatable bonds is 75. The largest absolute Gasteiger partial charge is 0.472 e. The van der Waals surface area contributed by atoms with Gasteiger partial charge in [0.2, 0.25) is 0 Å². The van der Waals surface area contributed by atoms with Gasteiger partial charge in [-0.3, -0.25) is 37.3 Å². The summed E-state index contributed by atoms with van der Waals surface area (Å²) in [5, 5.41) is 10.6. The van der Waals surface area contributed by atoms with Gasteiger partial charge in [0.05, 0.1) is 26.4 Å². The van der Waals surface area contributed by atoms with Crippen LogP contribution in [0.4, 0.5) is 0 Å². The molecule has 0 aromatic rings. The highest BCUT2D eigenvalue weighted by Gasteiger charge is 2.30. The van der Waals surface area contributed by atoms with Crippen LogP contribution in [0.2, 0.25) is 0 Å². The van der Waals surface area contributed by atoms with Crippen LogP contribution in [0.5, 0.6) is 0 Å². The van der Waals surface area contributed by atoms with Crippen molar-refractivity contribution in [2.75, 3.05) is 39.6 Å². The summed E-state index contributed by atoms with van der Waals surface area (Å²) in [5.74, 6) is -0.578. The number of unbranched alkanes of at least 4 members (excludes halogenated alkanes) is 44. The van der Waals surface area contributed by atoms with E-state index >= 15 is 0 Å². The van der Waals surface area contributed by atoms with Gasteiger partial charge in [-0.1, -0.05) is 343 Å². The third-order valence-corrected chi connectivity index (χ3v) is 20.0. The van der Waals surface area contributed by atoms with Crippen LogP contribution in [0, 0.1) is 11.8 Å². The van der Waals surface area contributed by atoms with Gasteiger partial charge in [0.1, 0.15) is 19.3 Å². The molecule has 0 saturated carbocycles. The van der Waals surface area contributed by atoms with E-state index in [1.807, 2.05) is 0 Å². The summed E-state index contributed by atoms with van der Waals surface area (Å²) in [5.41, 5.74) is 0. The van der Waals surface area contributed by atoms with Crippen LogP contribution in [-0.4, -0.2) is 96.7 Å². The number of phosphoric acid groups is 2. The maximum Gasteiger partial charge on any atom is 0.472 e. The number of phosphoric ester groups is 2. The number of carbonyl (C=O) groups excluding carboxylic acids is 4. The van der Waals surface area contributed by atoms with Crippen LogP contribution in [0.15, 0.2) is 0 Å². The highest BCUT2D eigenvalue weighted by molar-refractivity contribution is 7.47. The van der Waals surface area contributed by atoms with Gasteiger partial charge in [0.25, 0.3) is 0 Å². The van der Waals surface area contributed by atoms with E-state index in [2.05, 4.69) is 41.5 Å². The van der Waals surface area contributed by atoms with Crippen LogP contribution in [0.3, 0.4) is 0 Å². The molecule has 0 radical (unpaired) electrons. The molecule has 3 N–H and O–H groups in total. The van der Waals surface area contributed by atoms with E-state index < -0.39 is 97.5 Å². The molecule has 0 rings (SSSR count). The molecule has 0 fully saturated rings. The predicted octanol–water partition coefficient (Wildman–Crippen LogP) is 22.3. The summed E-state index contributed by atoms with van der Waals surface area (Å²) in [4.78, 5) is 72.6. The molecule has 3 unspecified atom stereocenters. The summed E-state index contributed by atoms with van der Waals surface area (Å²) in [6, 6.07) is 0. The lowest BCUT2D eigenvalue weighted by Crippen LogP contribution is -2.30. The fourth-order valence-corrected chi connectivity index (χ4v) is 13.2. The Bertz CT molecular complexity index is 1840. The molecule has 0 aliphatic carbocycles. The molecule has 0 heterocycles. The fraction of sp³-hybridized carbons (Fsp3) is 0.947. The van der Waals surface area contributed by atoms with E-state index in [9.17, 15) is 43.2 Å². The van der Waals surface area contributed by atoms with E-state index in [0.717, 1.165) is 109 Å². The monoisotopic (exact) mass is 1400 g/mol. The smallest absolute Gasteiger partial charge is 0.462 e. The van der Waals surface area contributed by atoms with Crippen molar-refractivity contribution in [3.05, 3.63) is 0 Å². The highest BCUT2D eigenvalue weighted by Crippen LogP contribution is 2.45. The van der Waals surface area contributed by atoms with Gasteiger partial charge in [-0.05, 0) is 37.5 Å². The topological polar surface area (TPSA) is 237 Å². The average molecular weight is 1400 g/mol. The Kier molecular flexibility index (Phi) is 66.5. The number of hydrogen-bond donors (Lipinski definition) is 3.